The van der Waals surface area contributed by atoms with Crippen LogP contribution >= 0.6 is 0 Å². The first-order chi connectivity index (χ1) is 8.65. The summed E-state index contributed by atoms with van der Waals surface area (Å²) in [6, 6.07) is 0. The molecule has 2 atom stereocenters. The van der Waals surface area contributed by atoms with Crippen molar-refractivity contribution in [3.8, 4) is 0 Å². The highest BCUT2D eigenvalue weighted by Crippen LogP contribution is 2.16. The molecule has 1 saturated heterocycles. The van der Waals surface area contributed by atoms with Crippen molar-refractivity contribution in [1.82, 2.24) is 0 Å². The summed E-state index contributed by atoms with van der Waals surface area (Å²) in [5.41, 5.74) is 0. The molecule has 102 valence electrons. The van der Waals surface area contributed by atoms with Gasteiger partial charge in [0.15, 0.2) is 6.10 Å². The molecule has 1 rings (SSSR count). The van der Waals surface area contributed by atoms with Crippen LogP contribution in [0.3, 0.4) is 0 Å². The number of unbranched alkanes of at least 4 members (excludes halogenated alkanes) is 4. The molecule has 1 aliphatic rings. The Kier molecular flexibility index (Phi) is 6.65. The van der Waals surface area contributed by atoms with E-state index < -0.39 is 18.0 Å². The summed E-state index contributed by atoms with van der Waals surface area (Å²) in [5, 5.41) is 9.64. The molecule has 0 saturated carbocycles. The van der Waals surface area contributed by atoms with Gasteiger partial charge in [0.05, 0.1) is 0 Å². The molecule has 1 aliphatic heterocycles. The second kappa shape index (κ2) is 8.03. The predicted octanol–water partition coefficient (Wildman–Crippen LogP) is 2.15. The van der Waals surface area contributed by atoms with Gasteiger partial charge >= 0.3 is 5.97 Å². The Morgan fingerprint density at radius 1 is 1.50 bits per heavy atom. The number of hydrogen-bond acceptors (Lipinski definition) is 4. The number of allylic oxidation sites excluding steroid dienone is 1. The molecule has 0 aromatic carbocycles. The Hall–Kier alpha value is -1.16. The fourth-order valence-corrected chi connectivity index (χ4v) is 1.93. The van der Waals surface area contributed by atoms with Gasteiger partial charge in [0, 0.05) is 12.8 Å². The molecule has 0 bridgehead atoms. The van der Waals surface area contributed by atoms with E-state index in [1.54, 1.807) is 0 Å². The molecule has 0 aromatic rings. The Bertz CT molecular complexity index is 309. The number of carbonyl (C=O) groups excluding carboxylic acids is 2. The summed E-state index contributed by atoms with van der Waals surface area (Å²) in [6.07, 6.45) is 7.61. The first-order valence-corrected chi connectivity index (χ1v) is 6.73. The van der Waals surface area contributed by atoms with Crippen molar-refractivity contribution in [2.75, 3.05) is 0 Å². The van der Waals surface area contributed by atoms with Gasteiger partial charge in [-0.3, -0.25) is 9.59 Å². The van der Waals surface area contributed by atoms with Gasteiger partial charge in [0.2, 0.25) is 5.78 Å². The summed E-state index contributed by atoms with van der Waals surface area (Å²) in [5.74, 6) is -0.769. The van der Waals surface area contributed by atoms with E-state index in [-0.39, 0.29) is 12.4 Å². The van der Waals surface area contributed by atoms with Gasteiger partial charge in [0.25, 0.3) is 0 Å². The molecular weight excluding hydrogens is 232 g/mol. The average Bonchev–Trinajstić information content (AvgIpc) is 2.79. The summed E-state index contributed by atoms with van der Waals surface area (Å²) < 4.78 is 4.82. The van der Waals surface area contributed by atoms with E-state index in [0.29, 0.717) is 6.42 Å². The van der Waals surface area contributed by atoms with E-state index in [0.717, 1.165) is 12.8 Å². The van der Waals surface area contributed by atoms with Crippen LogP contribution in [0, 0.1) is 0 Å². The lowest BCUT2D eigenvalue weighted by molar-refractivity contribution is -0.149. The zero-order valence-corrected chi connectivity index (χ0v) is 10.9. The van der Waals surface area contributed by atoms with E-state index in [4.69, 9.17) is 4.74 Å². The van der Waals surface area contributed by atoms with Crippen LogP contribution < -0.4 is 0 Å². The fraction of sp³-hybridized carbons (Fsp3) is 0.714. The summed E-state index contributed by atoms with van der Waals surface area (Å²) in [6.45, 7) is 2.15. The highest BCUT2D eigenvalue weighted by molar-refractivity contribution is 5.92. The molecule has 1 heterocycles. The zero-order chi connectivity index (χ0) is 13.4. The fourth-order valence-electron chi connectivity index (χ4n) is 1.93. The zero-order valence-electron chi connectivity index (χ0n) is 10.9. The van der Waals surface area contributed by atoms with Crippen LogP contribution in [0.2, 0.25) is 0 Å². The maximum Gasteiger partial charge on any atom is 0.306 e. The Morgan fingerprint density at radius 3 is 2.89 bits per heavy atom. The first-order valence-electron chi connectivity index (χ1n) is 6.73. The predicted molar refractivity (Wildman–Crippen MR) is 68.0 cm³/mol. The highest BCUT2D eigenvalue weighted by Gasteiger charge is 2.32. The molecule has 18 heavy (non-hydrogen) atoms. The molecule has 0 aliphatic carbocycles. The number of ether oxygens (including phenoxy) is 1. The number of esters is 1. The molecule has 0 aromatic heterocycles. The number of rotatable bonds is 8. The van der Waals surface area contributed by atoms with Crippen molar-refractivity contribution in [2.24, 2.45) is 0 Å². The van der Waals surface area contributed by atoms with Crippen LogP contribution in [0.25, 0.3) is 0 Å². The number of hydrogen-bond donors (Lipinski definition) is 1. The van der Waals surface area contributed by atoms with Crippen LogP contribution in [-0.4, -0.2) is 29.1 Å². The normalized spacial score (nSPS) is 21.2. The topological polar surface area (TPSA) is 63.6 Å². The largest absolute Gasteiger partial charge is 0.454 e. The Morgan fingerprint density at radius 2 is 2.28 bits per heavy atom. The third-order valence-corrected chi connectivity index (χ3v) is 3.04. The van der Waals surface area contributed by atoms with Gasteiger partial charge in [-0.25, -0.2) is 0 Å². The molecule has 4 heteroatoms. The SMILES string of the molecule is CCCCCC/C=C\[C@@H](O)C(=O)[C@@H]1CCC(=O)O1. The number of ketones is 1. The molecule has 0 radical (unpaired) electrons. The molecule has 1 N–H and O–H groups in total. The molecule has 0 amide bonds. The average molecular weight is 254 g/mol. The van der Waals surface area contributed by atoms with Crippen molar-refractivity contribution in [3.63, 3.8) is 0 Å². The lowest BCUT2D eigenvalue weighted by Gasteiger charge is -2.10. The van der Waals surface area contributed by atoms with Gasteiger partial charge in [-0.05, 0) is 12.8 Å². The van der Waals surface area contributed by atoms with Crippen molar-refractivity contribution >= 4 is 11.8 Å². The molecule has 4 nitrogen and oxygen atoms in total. The molecular formula is C14H22O4. The minimum absolute atomic E-state index is 0.268. The summed E-state index contributed by atoms with van der Waals surface area (Å²) >= 11 is 0. The van der Waals surface area contributed by atoms with Crippen LogP contribution in [0.5, 0.6) is 0 Å². The van der Waals surface area contributed by atoms with Crippen molar-refractivity contribution in [3.05, 3.63) is 12.2 Å². The van der Waals surface area contributed by atoms with Crippen molar-refractivity contribution in [1.29, 1.82) is 0 Å². The molecule has 0 spiro atoms. The molecule has 1 fully saturated rings. The van der Waals surface area contributed by atoms with Gasteiger partial charge in [-0.15, -0.1) is 0 Å². The number of aliphatic hydroxyl groups is 1. The van der Waals surface area contributed by atoms with Gasteiger partial charge < -0.3 is 9.84 Å². The van der Waals surface area contributed by atoms with Crippen LogP contribution in [0.15, 0.2) is 12.2 Å². The number of aliphatic hydroxyl groups excluding tert-OH is 1. The molecule has 0 unspecified atom stereocenters. The first kappa shape index (κ1) is 14.9. The van der Waals surface area contributed by atoms with Crippen molar-refractivity contribution in [2.45, 2.75) is 64.1 Å². The van der Waals surface area contributed by atoms with E-state index in [1.165, 1.54) is 25.3 Å². The summed E-state index contributed by atoms with van der Waals surface area (Å²) in [4.78, 5) is 22.5. The van der Waals surface area contributed by atoms with Crippen LogP contribution in [-0.2, 0) is 14.3 Å². The Balaban J connectivity index is 2.22. The number of carbonyl (C=O) groups is 2. The van der Waals surface area contributed by atoms with Gasteiger partial charge in [0.1, 0.15) is 6.10 Å². The minimum Gasteiger partial charge on any atom is -0.454 e. The van der Waals surface area contributed by atoms with E-state index in [9.17, 15) is 14.7 Å². The lowest BCUT2D eigenvalue weighted by atomic mass is 10.1. The quantitative estimate of drug-likeness (QED) is 0.409. The summed E-state index contributed by atoms with van der Waals surface area (Å²) in [7, 11) is 0. The number of cyclic esters (lactones) is 1. The Labute approximate surface area is 108 Å². The van der Waals surface area contributed by atoms with Crippen LogP contribution in [0.4, 0.5) is 0 Å². The van der Waals surface area contributed by atoms with Gasteiger partial charge in [-0.2, -0.15) is 0 Å². The second-order valence-corrected chi connectivity index (χ2v) is 4.64. The maximum atomic E-state index is 11.7. The monoisotopic (exact) mass is 254 g/mol. The van der Waals surface area contributed by atoms with E-state index >= 15 is 0 Å². The maximum absolute atomic E-state index is 11.7. The van der Waals surface area contributed by atoms with Gasteiger partial charge in [-0.1, -0.05) is 38.3 Å². The third kappa shape index (κ3) is 5.00. The van der Waals surface area contributed by atoms with Crippen molar-refractivity contribution < 1.29 is 19.4 Å². The number of Topliss-reactive ketones (excluding diaryl/α,β-unsaturated/α-hetero) is 1. The smallest absolute Gasteiger partial charge is 0.306 e. The minimum atomic E-state index is -1.15. The second-order valence-electron chi connectivity index (χ2n) is 4.64. The third-order valence-electron chi connectivity index (χ3n) is 3.04. The van der Waals surface area contributed by atoms with E-state index in [1.807, 2.05) is 6.08 Å². The lowest BCUT2D eigenvalue weighted by Crippen LogP contribution is -2.30. The van der Waals surface area contributed by atoms with Crippen LogP contribution in [0.1, 0.15) is 51.9 Å². The standard InChI is InChI=1S/C14H22O4/c1-2-3-4-5-6-7-8-11(15)14(17)12-9-10-13(16)18-12/h7-8,11-12,15H,2-6,9-10H2,1H3/b8-7-/t11-,12+/m1/s1. The van der Waals surface area contributed by atoms with E-state index in [2.05, 4.69) is 6.92 Å². The highest BCUT2D eigenvalue weighted by atomic mass is 16.6.